The van der Waals surface area contributed by atoms with Crippen molar-refractivity contribution in [2.45, 2.75) is 39.0 Å². The molecule has 5 nitrogen and oxygen atoms in total. The number of ether oxygens (including phenoxy) is 2. The summed E-state index contributed by atoms with van der Waals surface area (Å²) in [5.41, 5.74) is 9.40. The Morgan fingerprint density at radius 1 is 1.06 bits per heavy atom. The topological polar surface area (TPSA) is 64.8 Å². The molecule has 1 aliphatic rings. The molecule has 4 rings (SSSR count). The highest BCUT2D eigenvalue weighted by molar-refractivity contribution is 5.96. The molecule has 5 heteroatoms. The Morgan fingerprint density at radius 2 is 1.75 bits per heavy atom. The minimum atomic E-state index is -0.493. The molecule has 32 heavy (non-hydrogen) atoms. The van der Waals surface area contributed by atoms with Gasteiger partial charge in [-0.15, -0.1) is 0 Å². The SMILES string of the molecule is CCCN(Cc1ccccc1)[C@@H]1COc2cc(OCc3ccccc3)c(C(N)=O)cc2C1. The molecule has 0 spiro atoms. The van der Waals surface area contributed by atoms with E-state index in [1.165, 1.54) is 5.56 Å². The van der Waals surface area contributed by atoms with Gasteiger partial charge in [0.25, 0.3) is 5.91 Å². The third kappa shape index (κ3) is 5.29. The van der Waals surface area contributed by atoms with Gasteiger partial charge in [0.2, 0.25) is 0 Å². The first kappa shape index (κ1) is 21.9. The molecule has 1 heterocycles. The molecule has 0 bridgehead atoms. The smallest absolute Gasteiger partial charge is 0.252 e. The first-order valence-corrected chi connectivity index (χ1v) is 11.2. The summed E-state index contributed by atoms with van der Waals surface area (Å²) in [6.07, 6.45) is 1.87. The normalized spacial score (nSPS) is 15.1. The molecule has 1 amide bonds. The molecule has 3 aromatic carbocycles. The largest absolute Gasteiger partial charge is 0.492 e. The number of nitrogens with zero attached hydrogens (tertiary/aromatic N) is 1. The van der Waals surface area contributed by atoms with Crippen molar-refractivity contribution in [1.82, 2.24) is 4.90 Å². The van der Waals surface area contributed by atoms with E-state index in [1.54, 1.807) is 0 Å². The lowest BCUT2D eigenvalue weighted by molar-refractivity contribution is 0.0993. The average Bonchev–Trinajstić information content (AvgIpc) is 2.83. The number of rotatable bonds is 9. The van der Waals surface area contributed by atoms with E-state index >= 15 is 0 Å². The van der Waals surface area contributed by atoms with E-state index in [0.717, 1.165) is 42.8 Å². The highest BCUT2D eigenvalue weighted by atomic mass is 16.5. The highest BCUT2D eigenvalue weighted by Crippen LogP contribution is 2.34. The molecule has 0 aromatic heterocycles. The van der Waals surface area contributed by atoms with Gasteiger partial charge in [-0.2, -0.15) is 0 Å². The van der Waals surface area contributed by atoms with Crippen LogP contribution < -0.4 is 15.2 Å². The molecular weight excluding hydrogens is 400 g/mol. The van der Waals surface area contributed by atoms with Crippen molar-refractivity contribution < 1.29 is 14.3 Å². The van der Waals surface area contributed by atoms with Crippen molar-refractivity contribution in [2.24, 2.45) is 5.73 Å². The minimum absolute atomic E-state index is 0.236. The van der Waals surface area contributed by atoms with Crippen LogP contribution in [-0.4, -0.2) is 30.0 Å². The van der Waals surface area contributed by atoms with Crippen LogP contribution in [0.2, 0.25) is 0 Å². The van der Waals surface area contributed by atoms with Gasteiger partial charge in [-0.1, -0.05) is 67.6 Å². The summed E-state index contributed by atoms with van der Waals surface area (Å²) < 4.78 is 12.1. The maximum absolute atomic E-state index is 12.2. The molecule has 0 fully saturated rings. The summed E-state index contributed by atoms with van der Waals surface area (Å²) in [5, 5.41) is 0. The van der Waals surface area contributed by atoms with Crippen molar-refractivity contribution >= 4 is 5.91 Å². The third-order valence-electron chi connectivity index (χ3n) is 5.81. The van der Waals surface area contributed by atoms with Gasteiger partial charge in [-0.05, 0) is 42.1 Å². The van der Waals surface area contributed by atoms with Crippen molar-refractivity contribution in [3.8, 4) is 11.5 Å². The van der Waals surface area contributed by atoms with Crippen LogP contribution in [0.4, 0.5) is 0 Å². The maximum Gasteiger partial charge on any atom is 0.252 e. The van der Waals surface area contributed by atoms with Gasteiger partial charge in [0.1, 0.15) is 24.7 Å². The van der Waals surface area contributed by atoms with E-state index < -0.39 is 5.91 Å². The van der Waals surface area contributed by atoms with Crippen LogP contribution in [0.3, 0.4) is 0 Å². The second-order valence-electron chi connectivity index (χ2n) is 8.22. The van der Waals surface area contributed by atoms with Gasteiger partial charge in [0, 0.05) is 18.7 Å². The Kier molecular flexibility index (Phi) is 7.07. The lowest BCUT2D eigenvalue weighted by Gasteiger charge is -2.35. The summed E-state index contributed by atoms with van der Waals surface area (Å²) in [6.45, 7) is 5.02. The molecule has 0 unspecified atom stereocenters. The lowest BCUT2D eigenvalue weighted by atomic mass is 9.97. The minimum Gasteiger partial charge on any atom is -0.492 e. The van der Waals surface area contributed by atoms with E-state index in [4.69, 9.17) is 15.2 Å². The zero-order valence-corrected chi connectivity index (χ0v) is 18.5. The van der Waals surface area contributed by atoms with Crippen LogP contribution in [0, 0.1) is 0 Å². The van der Waals surface area contributed by atoms with Crippen LogP contribution in [0.1, 0.15) is 40.4 Å². The highest BCUT2D eigenvalue weighted by Gasteiger charge is 2.27. The summed E-state index contributed by atoms with van der Waals surface area (Å²) in [7, 11) is 0. The number of carbonyl (C=O) groups excluding carboxylic acids is 1. The van der Waals surface area contributed by atoms with Gasteiger partial charge in [0.15, 0.2) is 0 Å². The molecule has 0 radical (unpaired) electrons. The Bertz CT molecular complexity index is 1040. The second kappa shape index (κ2) is 10.3. The standard InChI is InChI=1S/C27H30N2O3/c1-2-13-29(17-20-9-5-3-6-10-20)23-14-22-15-24(27(28)30)26(16-25(22)32-19-23)31-18-21-11-7-4-8-12-21/h3-12,15-16,23H,2,13-14,17-19H2,1H3,(H2,28,30)/t23-/m0/s1. The Balaban J connectivity index is 1.53. The molecule has 3 aromatic rings. The Morgan fingerprint density at radius 3 is 2.41 bits per heavy atom. The molecule has 1 atom stereocenters. The van der Waals surface area contributed by atoms with Crippen LogP contribution in [0.25, 0.3) is 0 Å². The zero-order valence-electron chi connectivity index (χ0n) is 18.5. The van der Waals surface area contributed by atoms with E-state index in [1.807, 2.05) is 48.5 Å². The number of hydrogen-bond acceptors (Lipinski definition) is 4. The second-order valence-corrected chi connectivity index (χ2v) is 8.22. The molecule has 166 valence electrons. The third-order valence-corrected chi connectivity index (χ3v) is 5.81. The molecule has 0 saturated heterocycles. The fraction of sp³-hybridized carbons (Fsp3) is 0.296. The first-order chi connectivity index (χ1) is 15.6. The number of fused-ring (bicyclic) bond motifs is 1. The quantitative estimate of drug-likeness (QED) is 0.540. The fourth-order valence-corrected chi connectivity index (χ4v) is 4.18. The van der Waals surface area contributed by atoms with Gasteiger partial charge in [-0.25, -0.2) is 0 Å². The average molecular weight is 431 g/mol. The fourth-order valence-electron chi connectivity index (χ4n) is 4.18. The van der Waals surface area contributed by atoms with Gasteiger partial charge in [-0.3, -0.25) is 9.69 Å². The van der Waals surface area contributed by atoms with Crippen LogP contribution >= 0.6 is 0 Å². The van der Waals surface area contributed by atoms with E-state index in [0.29, 0.717) is 24.5 Å². The summed E-state index contributed by atoms with van der Waals surface area (Å²) in [6, 6.07) is 24.2. The zero-order chi connectivity index (χ0) is 22.3. The predicted molar refractivity (Wildman–Crippen MR) is 126 cm³/mol. The summed E-state index contributed by atoms with van der Waals surface area (Å²) in [5.74, 6) is 0.742. The molecule has 0 aliphatic carbocycles. The van der Waals surface area contributed by atoms with Gasteiger partial charge >= 0.3 is 0 Å². The number of primary amides is 1. The van der Waals surface area contributed by atoms with Crippen LogP contribution in [-0.2, 0) is 19.6 Å². The van der Waals surface area contributed by atoms with Crippen molar-refractivity contribution in [2.75, 3.05) is 13.2 Å². The first-order valence-electron chi connectivity index (χ1n) is 11.2. The number of hydrogen-bond donors (Lipinski definition) is 1. The number of nitrogens with two attached hydrogens (primary N) is 1. The van der Waals surface area contributed by atoms with E-state index in [-0.39, 0.29) is 6.04 Å². The molecule has 1 aliphatic heterocycles. The summed E-state index contributed by atoms with van der Waals surface area (Å²) >= 11 is 0. The number of carbonyl (C=O) groups is 1. The molecule has 2 N–H and O–H groups in total. The summed E-state index contributed by atoms with van der Waals surface area (Å²) in [4.78, 5) is 14.6. The van der Waals surface area contributed by atoms with Crippen molar-refractivity contribution in [3.63, 3.8) is 0 Å². The predicted octanol–water partition coefficient (Wildman–Crippen LogP) is 4.58. The lowest BCUT2D eigenvalue weighted by Crippen LogP contribution is -2.43. The monoisotopic (exact) mass is 430 g/mol. The van der Waals surface area contributed by atoms with Gasteiger partial charge in [0.05, 0.1) is 5.56 Å². The van der Waals surface area contributed by atoms with Crippen molar-refractivity contribution in [3.05, 3.63) is 95.1 Å². The van der Waals surface area contributed by atoms with Crippen LogP contribution in [0.15, 0.2) is 72.8 Å². The van der Waals surface area contributed by atoms with Crippen molar-refractivity contribution in [1.29, 1.82) is 0 Å². The van der Waals surface area contributed by atoms with E-state index in [2.05, 4.69) is 36.1 Å². The Hall–Kier alpha value is -3.31. The van der Waals surface area contributed by atoms with Crippen LogP contribution in [0.5, 0.6) is 11.5 Å². The Labute approximate surface area is 189 Å². The molecular formula is C27H30N2O3. The maximum atomic E-state index is 12.2. The van der Waals surface area contributed by atoms with Gasteiger partial charge < -0.3 is 15.2 Å². The number of amides is 1. The molecule has 0 saturated carbocycles. The number of benzene rings is 3. The van der Waals surface area contributed by atoms with E-state index in [9.17, 15) is 4.79 Å².